The van der Waals surface area contributed by atoms with E-state index < -0.39 is 11.4 Å². The summed E-state index contributed by atoms with van der Waals surface area (Å²) in [6, 6.07) is 17.8. The molecule has 144 valence electrons. The molecule has 5 nitrogen and oxygen atoms in total. The number of pyridine rings is 2. The number of aromatic nitrogens is 2. The highest BCUT2D eigenvalue weighted by molar-refractivity contribution is 6.31. The molecule has 0 bridgehead atoms. The quantitative estimate of drug-likeness (QED) is 0.539. The Kier molecular flexibility index (Phi) is 5.10. The van der Waals surface area contributed by atoms with Crippen molar-refractivity contribution in [2.75, 3.05) is 4.90 Å². The molecule has 1 amide bonds. The number of fused-ring (bicyclic) bond motifs is 1. The van der Waals surface area contributed by atoms with Crippen LogP contribution in [0.1, 0.15) is 16.1 Å². The summed E-state index contributed by atoms with van der Waals surface area (Å²) in [6.45, 7) is 0.0413. The second-order valence-electron chi connectivity index (χ2n) is 6.41. The molecule has 4 aromatic rings. The van der Waals surface area contributed by atoms with Gasteiger partial charge in [-0.3, -0.25) is 14.6 Å². The van der Waals surface area contributed by atoms with Gasteiger partial charge in [0.2, 0.25) is 5.56 Å². The van der Waals surface area contributed by atoms with Crippen LogP contribution in [0.2, 0.25) is 5.02 Å². The van der Waals surface area contributed by atoms with Crippen LogP contribution < -0.4 is 10.5 Å². The van der Waals surface area contributed by atoms with E-state index in [4.69, 9.17) is 11.6 Å². The lowest BCUT2D eigenvalue weighted by Crippen LogP contribution is -2.31. The molecule has 0 aliphatic carbocycles. The molecular weight excluding hydrogens is 393 g/mol. The van der Waals surface area contributed by atoms with Gasteiger partial charge in [0.25, 0.3) is 5.91 Å². The van der Waals surface area contributed by atoms with Crippen LogP contribution in [-0.4, -0.2) is 15.9 Å². The lowest BCUT2D eigenvalue weighted by molar-refractivity contribution is 0.0980. The number of halogens is 2. The van der Waals surface area contributed by atoms with Crippen molar-refractivity contribution < 1.29 is 9.18 Å². The van der Waals surface area contributed by atoms with Gasteiger partial charge in [-0.05, 0) is 42.0 Å². The smallest absolute Gasteiger partial charge is 0.277 e. The van der Waals surface area contributed by atoms with Crippen LogP contribution in [-0.2, 0) is 6.54 Å². The van der Waals surface area contributed by atoms with Crippen molar-refractivity contribution in [1.29, 1.82) is 0 Å². The Morgan fingerprint density at radius 1 is 1.07 bits per heavy atom. The summed E-state index contributed by atoms with van der Waals surface area (Å²) in [5.74, 6) is -0.899. The van der Waals surface area contributed by atoms with Crippen LogP contribution in [0, 0.1) is 5.82 Å². The fourth-order valence-corrected chi connectivity index (χ4v) is 3.35. The van der Waals surface area contributed by atoms with Crippen molar-refractivity contribution in [1.82, 2.24) is 9.97 Å². The molecule has 0 atom stereocenters. The topological polar surface area (TPSA) is 66.1 Å². The molecular formula is C22H15ClFN3O2. The minimum Gasteiger partial charge on any atom is -0.319 e. The highest BCUT2D eigenvalue weighted by Gasteiger charge is 2.21. The largest absolute Gasteiger partial charge is 0.319 e. The average molecular weight is 408 g/mol. The number of aromatic amines is 1. The van der Waals surface area contributed by atoms with E-state index in [1.165, 1.54) is 23.2 Å². The van der Waals surface area contributed by atoms with Gasteiger partial charge in [0.05, 0.1) is 12.1 Å². The maximum atomic E-state index is 14.2. The number of amides is 1. The molecule has 0 aliphatic heterocycles. The molecule has 2 aromatic carbocycles. The Morgan fingerprint density at radius 2 is 1.90 bits per heavy atom. The van der Waals surface area contributed by atoms with Gasteiger partial charge >= 0.3 is 0 Å². The zero-order valence-corrected chi connectivity index (χ0v) is 15.9. The van der Waals surface area contributed by atoms with Gasteiger partial charge in [0, 0.05) is 28.4 Å². The first-order chi connectivity index (χ1) is 14.0. The van der Waals surface area contributed by atoms with Crippen LogP contribution >= 0.6 is 11.6 Å². The van der Waals surface area contributed by atoms with Crippen molar-refractivity contribution in [3.05, 3.63) is 105 Å². The molecule has 1 N–H and O–H groups in total. The second-order valence-corrected chi connectivity index (χ2v) is 6.84. The monoisotopic (exact) mass is 407 g/mol. The highest BCUT2D eigenvalue weighted by Crippen LogP contribution is 2.26. The zero-order chi connectivity index (χ0) is 20.4. The molecule has 0 unspecified atom stereocenters. The van der Waals surface area contributed by atoms with Gasteiger partial charge in [-0.1, -0.05) is 35.9 Å². The molecule has 2 aromatic heterocycles. The number of carbonyl (C=O) groups is 1. The van der Waals surface area contributed by atoms with Gasteiger partial charge in [0.1, 0.15) is 11.5 Å². The lowest BCUT2D eigenvalue weighted by atomic mass is 10.1. The predicted molar refractivity (Wildman–Crippen MR) is 111 cm³/mol. The Hall–Kier alpha value is -3.51. The molecule has 2 heterocycles. The van der Waals surface area contributed by atoms with Crippen LogP contribution in [0.5, 0.6) is 0 Å². The first kappa shape index (κ1) is 18.8. The third-order valence-electron chi connectivity index (χ3n) is 4.49. The van der Waals surface area contributed by atoms with Gasteiger partial charge in [-0.15, -0.1) is 0 Å². The van der Waals surface area contributed by atoms with Gasteiger partial charge in [-0.2, -0.15) is 0 Å². The van der Waals surface area contributed by atoms with Crippen molar-refractivity contribution in [3.8, 4) is 0 Å². The van der Waals surface area contributed by atoms with Crippen LogP contribution in [0.3, 0.4) is 0 Å². The van der Waals surface area contributed by atoms with E-state index in [0.29, 0.717) is 21.7 Å². The van der Waals surface area contributed by atoms with E-state index in [1.54, 1.807) is 54.6 Å². The fourth-order valence-electron chi connectivity index (χ4n) is 3.17. The molecule has 29 heavy (non-hydrogen) atoms. The highest BCUT2D eigenvalue weighted by atomic mass is 35.5. The third kappa shape index (κ3) is 3.88. The predicted octanol–water partition coefficient (Wildman–Crippen LogP) is 4.56. The van der Waals surface area contributed by atoms with Crippen molar-refractivity contribution >= 4 is 34.1 Å². The maximum absolute atomic E-state index is 14.2. The Bertz CT molecular complexity index is 1260. The van der Waals surface area contributed by atoms with Crippen molar-refractivity contribution in [3.63, 3.8) is 0 Å². The molecule has 7 heteroatoms. The summed E-state index contributed by atoms with van der Waals surface area (Å²) < 4.78 is 14.2. The molecule has 0 aliphatic rings. The Balaban J connectivity index is 1.85. The third-order valence-corrected chi connectivity index (χ3v) is 4.73. The van der Waals surface area contributed by atoms with Crippen LogP contribution in [0.4, 0.5) is 10.1 Å². The minimum atomic E-state index is -0.535. The number of anilines is 1. The van der Waals surface area contributed by atoms with E-state index >= 15 is 0 Å². The fraction of sp³-hybridized carbons (Fsp3) is 0.0455. The number of carbonyl (C=O) groups excluding carboxylic acids is 1. The molecule has 0 fully saturated rings. The van der Waals surface area contributed by atoms with Gasteiger partial charge < -0.3 is 9.88 Å². The number of para-hydroxylation sites is 1. The van der Waals surface area contributed by atoms with E-state index in [0.717, 1.165) is 0 Å². The Morgan fingerprint density at radius 3 is 2.66 bits per heavy atom. The maximum Gasteiger partial charge on any atom is 0.277 e. The van der Waals surface area contributed by atoms with Crippen molar-refractivity contribution in [2.45, 2.75) is 6.54 Å². The summed E-state index contributed by atoms with van der Waals surface area (Å²) >= 11 is 6.13. The van der Waals surface area contributed by atoms with E-state index in [1.807, 2.05) is 0 Å². The molecule has 0 saturated carbocycles. The van der Waals surface area contributed by atoms with Crippen LogP contribution in [0.15, 0.2) is 77.7 Å². The van der Waals surface area contributed by atoms with E-state index in [-0.39, 0.29) is 23.7 Å². The SMILES string of the molecule is O=C(c1ccccn1)N(Cc1cc(=O)[nH]c2c(F)cccc12)c1cccc(Cl)c1. The Labute approximate surface area is 170 Å². The zero-order valence-electron chi connectivity index (χ0n) is 15.1. The summed E-state index contributed by atoms with van der Waals surface area (Å²) in [5.41, 5.74) is 0.943. The number of nitrogens with zero attached hydrogens (tertiary/aromatic N) is 2. The summed E-state index contributed by atoms with van der Waals surface area (Å²) in [4.78, 5) is 33.4. The second kappa shape index (κ2) is 7.85. The van der Waals surface area contributed by atoms with E-state index in [9.17, 15) is 14.0 Å². The minimum absolute atomic E-state index is 0.0413. The molecule has 4 rings (SSSR count). The number of nitrogens with one attached hydrogen (secondary N) is 1. The molecule has 0 saturated heterocycles. The van der Waals surface area contributed by atoms with Gasteiger partial charge in [-0.25, -0.2) is 4.39 Å². The lowest BCUT2D eigenvalue weighted by Gasteiger charge is -2.23. The summed E-state index contributed by atoms with van der Waals surface area (Å²) in [7, 11) is 0. The van der Waals surface area contributed by atoms with Gasteiger partial charge in [0.15, 0.2) is 0 Å². The standard InChI is InChI=1S/C22H15ClFN3O2/c23-15-5-3-6-16(12-15)27(22(29)19-9-1-2-10-25-19)13-14-11-20(28)26-21-17(14)7-4-8-18(21)24/h1-12H,13H2,(H,26,28). The molecule has 0 spiro atoms. The molecule has 0 radical (unpaired) electrons. The number of hydrogen-bond acceptors (Lipinski definition) is 3. The first-order valence-corrected chi connectivity index (χ1v) is 9.19. The van der Waals surface area contributed by atoms with E-state index in [2.05, 4.69) is 9.97 Å². The summed E-state index contributed by atoms with van der Waals surface area (Å²) in [5, 5.41) is 0.980. The first-order valence-electron chi connectivity index (χ1n) is 8.82. The number of benzene rings is 2. The normalized spacial score (nSPS) is 10.8. The number of hydrogen-bond donors (Lipinski definition) is 1. The van der Waals surface area contributed by atoms with Crippen molar-refractivity contribution in [2.24, 2.45) is 0 Å². The van der Waals surface area contributed by atoms with Crippen LogP contribution in [0.25, 0.3) is 10.9 Å². The summed E-state index contributed by atoms with van der Waals surface area (Å²) in [6.07, 6.45) is 1.53. The average Bonchev–Trinajstić information content (AvgIpc) is 2.73. The number of rotatable bonds is 4. The number of H-pyrrole nitrogens is 1.